The number of carbonyl (C=O) groups is 2. The fraction of sp³-hybridized carbons (Fsp3) is 0.261. The Morgan fingerprint density at radius 2 is 1.81 bits per heavy atom. The minimum Gasteiger partial charge on any atom is -0.456 e. The molecule has 32 heavy (non-hydrogen) atoms. The molecule has 2 N–H and O–H groups in total. The van der Waals surface area contributed by atoms with Crippen LogP contribution in [0, 0.1) is 0 Å². The molecule has 9 heteroatoms. The second kappa shape index (κ2) is 7.01. The van der Waals surface area contributed by atoms with Crippen LogP contribution in [0.15, 0.2) is 40.9 Å². The summed E-state index contributed by atoms with van der Waals surface area (Å²) in [7, 11) is 0. The van der Waals surface area contributed by atoms with E-state index < -0.39 is 12.3 Å². The van der Waals surface area contributed by atoms with Crippen molar-refractivity contribution in [1.82, 2.24) is 5.16 Å². The van der Waals surface area contributed by atoms with Crippen LogP contribution in [0.2, 0.25) is 0 Å². The molecule has 1 atom stereocenters. The Kier molecular flexibility index (Phi) is 4.37. The van der Waals surface area contributed by atoms with Gasteiger partial charge < -0.3 is 24.1 Å². The third kappa shape index (κ3) is 3.41. The molecule has 0 radical (unpaired) electrons. The van der Waals surface area contributed by atoms with Gasteiger partial charge in [0.15, 0.2) is 11.6 Å². The first-order chi connectivity index (χ1) is 15.2. The van der Waals surface area contributed by atoms with E-state index in [1.807, 2.05) is 20.8 Å². The number of rotatable bonds is 4. The van der Waals surface area contributed by atoms with Crippen LogP contribution in [0.3, 0.4) is 0 Å². The minimum absolute atomic E-state index is 0.142. The van der Waals surface area contributed by atoms with Crippen LogP contribution >= 0.6 is 0 Å². The van der Waals surface area contributed by atoms with Crippen molar-refractivity contribution in [1.29, 1.82) is 0 Å². The molecular formula is C23H21N3O6. The van der Waals surface area contributed by atoms with E-state index in [4.69, 9.17) is 18.7 Å². The van der Waals surface area contributed by atoms with E-state index in [1.54, 1.807) is 43.3 Å². The molecule has 0 spiro atoms. The number of carbonyl (C=O) groups excluding carboxylic acids is 2. The van der Waals surface area contributed by atoms with Crippen molar-refractivity contribution in [3.8, 4) is 23.0 Å². The van der Waals surface area contributed by atoms with Gasteiger partial charge in [0.25, 0.3) is 0 Å². The SMILES string of the molecule is CC1Oc2cc(Oc3ccc(NC(=O)Nc4cc(C(C)(C)C)on4)cc3)c3c(c2C3=O)O1. The second-order valence-corrected chi connectivity index (χ2v) is 8.62. The Labute approximate surface area is 183 Å². The summed E-state index contributed by atoms with van der Waals surface area (Å²) in [5.74, 6) is 2.72. The average Bonchev–Trinajstić information content (AvgIpc) is 3.17. The summed E-state index contributed by atoms with van der Waals surface area (Å²) in [6.45, 7) is 7.74. The lowest BCUT2D eigenvalue weighted by Gasteiger charge is -2.34. The molecule has 2 aromatic carbocycles. The molecule has 1 unspecified atom stereocenters. The lowest BCUT2D eigenvalue weighted by Crippen LogP contribution is -2.33. The van der Waals surface area contributed by atoms with Gasteiger partial charge in [-0.3, -0.25) is 10.1 Å². The monoisotopic (exact) mass is 435 g/mol. The molecule has 6 rings (SSSR count). The highest BCUT2D eigenvalue weighted by Gasteiger charge is 2.43. The Bertz CT molecular complexity index is 1230. The van der Waals surface area contributed by atoms with Crippen LogP contribution in [-0.2, 0) is 5.41 Å². The smallest absolute Gasteiger partial charge is 0.324 e. The average molecular weight is 435 g/mol. The van der Waals surface area contributed by atoms with E-state index in [2.05, 4.69) is 15.8 Å². The molecule has 2 heterocycles. The largest absolute Gasteiger partial charge is 0.456 e. The molecule has 0 saturated heterocycles. The minimum atomic E-state index is -0.454. The standard InChI is InChI=1S/C23H21N3O6/c1-11-29-14-9-15(19-20(27)18(14)21(19)30-11)31-13-7-5-12(6-8-13)24-22(28)25-17-10-16(32-26-17)23(2,3)4/h5-11H,1-4H3,(H2,24,25,26,28). The van der Waals surface area contributed by atoms with Gasteiger partial charge in [-0.1, -0.05) is 25.9 Å². The number of ether oxygens (including phenoxy) is 3. The number of benzene rings is 2. The summed E-state index contributed by atoms with van der Waals surface area (Å²) >= 11 is 0. The van der Waals surface area contributed by atoms with Crippen LogP contribution in [-0.4, -0.2) is 23.3 Å². The summed E-state index contributed by atoms with van der Waals surface area (Å²) in [6.07, 6.45) is -0.446. The number of fused-ring (bicyclic) bond motifs is 1. The van der Waals surface area contributed by atoms with Crippen LogP contribution in [0.1, 0.15) is 49.4 Å². The molecule has 0 saturated carbocycles. The fourth-order valence-electron chi connectivity index (χ4n) is 3.46. The zero-order valence-electron chi connectivity index (χ0n) is 17.9. The lowest BCUT2D eigenvalue weighted by atomic mass is 9.86. The molecule has 0 fully saturated rings. The molecule has 3 aromatic rings. The van der Waals surface area contributed by atoms with Gasteiger partial charge in [-0.2, -0.15) is 0 Å². The van der Waals surface area contributed by atoms with E-state index in [0.717, 1.165) is 0 Å². The normalized spacial score (nSPS) is 15.9. The van der Waals surface area contributed by atoms with Crippen molar-refractivity contribution in [2.24, 2.45) is 0 Å². The first-order valence-electron chi connectivity index (χ1n) is 10.1. The van der Waals surface area contributed by atoms with E-state index >= 15 is 0 Å². The molecule has 1 aliphatic heterocycles. The van der Waals surface area contributed by atoms with Gasteiger partial charge in [0.05, 0.1) is 0 Å². The predicted molar refractivity (Wildman–Crippen MR) is 115 cm³/mol. The van der Waals surface area contributed by atoms with E-state index in [0.29, 0.717) is 51.4 Å². The van der Waals surface area contributed by atoms with Gasteiger partial charge in [-0.25, -0.2) is 4.79 Å². The fourth-order valence-corrected chi connectivity index (χ4v) is 3.46. The maximum absolute atomic E-state index is 12.3. The number of nitrogens with zero attached hydrogens (tertiary/aromatic N) is 1. The summed E-state index contributed by atoms with van der Waals surface area (Å²) in [6, 6.07) is 9.66. The number of ketones is 1. The van der Waals surface area contributed by atoms with Crippen LogP contribution in [0.5, 0.6) is 23.0 Å². The summed E-state index contributed by atoms with van der Waals surface area (Å²) < 4.78 is 22.3. The third-order valence-electron chi connectivity index (χ3n) is 5.07. The highest BCUT2D eigenvalue weighted by molar-refractivity contribution is 6.25. The van der Waals surface area contributed by atoms with E-state index in [-0.39, 0.29) is 11.2 Å². The number of aromatic nitrogens is 1. The van der Waals surface area contributed by atoms with Crippen molar-refractivity contribution < 1.29 is 28.3 Å². The van der Waals surface area contributed by atoms with Gasteiger partial charge in [-0.05, 0) is 24.3 Å². The van der Waals surface area contributed by atoms with Crippen LogP contribution in [0.25, 0.3) is 0 Å². The highest BCUT2D eigenvalue weighted by atomic mass is 16.7. The van der Waals surface area contributed by atoms with Gasteiger partial charge >= 0.3 is 6.03 Å². The Hall–Kier alpha value is -4.01. The maximum Gasteiger partial charge on any atom is 0.324 e. The number of anilines is 2. The van der Waals surface area contributed by atoms with Gasteiger partial charge in [0.1, 0.15) is 34.1 Å². The summed E-state index contributed by atoms with van der Waals surface area (Å²) in [5.41, 5.74) is 1.23. The first-order valence-corrected chi connectivity index (χ1v) is 10.1. The topological polar surface area (TPSA) is 112 Å². The van der Waals surface area contributed by atoms with Crippen LogP contribution < -0.4 is 24.8 Å². The van der Waals surface area contributed by atoms with E-state index in [9.17, 15) is 9.59 Å². The second-order valence-electron chi connectivity index (χ2n) is 8.62. The Morgan fingerprint density at radius 3 is 2.47 bits per heavy atom. The molecule has 4 bridgehead atoms. The Balaban J connectivity index is 1.24. The molecule has 2 amide bonds. The number of amides is 2. The number of hydrogen-bond donors (Lipinski definition) is 2. The summed E-state index contributed by atoms with van der Waals surface area (Å²) in [5, 5.41) is 9.21. The molecular weight excluding hydrogens is 414 g/mol. The summed E-state index contributed by atoms with van der Waals surface area (Å²) in [4.78, 5) is 24.5. The quantitative estimate of drug-likeness (QED) is 0.460. The van der Waals surface area contributed by atoms with E-state index in [1.165, 1.54) is 0 Å². The lowest BCUT2D eigenvalue weighted by molar-refractivity contribution is 0.00370. The van der Waals surface area contributed by atoms with Gasteiger partial charge in [0, 0.05) is 30.2 Å². The third-order valence-corrected chi connectivity index (χ3v) is 5.07. The number of urea groups is 1. The number of nitrogens with one attached hydrogen (secondary N) is 2. The maximum atomic E-state index is 12.3. The molecule has 1 aromatic heterocycles. The van der Waals surface area contributed by atoms with Crippen molar-refractivity contribution in [3.05, 3.63) is 53.3 Å². The molecule has 9 nitrogen and oxygen atoms in total. The molecule has 3 aliphatic rings. The molecule has 2 aliphatic carbocycles. The first kappa shape index (κ1) is 19.9. The van der Waals surface area contributed by atoms with Crippen molar-refractivity contribution in [2.45, 2.75) is 39.4 Å². The Morgan fingerprint density at radius 1 is 1.06 bits per heavy atom. The highest BCUT2D eigenvalue weighted by Crippen LogP contribution is 2.53. The number of hydrogen-bond acceptors (Lipinski definition) is 7. The van der Waals surface area contributed by atoms with Gasteiger partial charge in [0.2, 0.25) is 12.1 Å². The molecule has 164 valence electrons. The van der Waals surface area contributed by atoms with Gasteiger partial charge in [-0.15, -0.1) is 0 Å². The zero-order chi connectivity index (χ0) is 22.6. The van der Waals surface area contributed by atoms with Crippen LogP contribution in [0.4, 0.5) is 16.3 Å². The van der Waals surface area contributed by atoms with Crippen molar-refractivity contribution in [2.75, 3.05) is 10.6 Å². The van der Waals surface area contributed by atoms with Crippen molar-refractivity contribution in [3.63, 3.8) is 0 Å². The predicted octanol–water partition coefficient (Wildman–Crippen LogP) is 5.07. The van der Waals surface area contributed by atoms with Crippen molar-refractivity contribution >= 4 is 23.3 Å². The zero-order valence-corrected chi connectivity index (χ0v) is 17.9.